The molecule has 5 heteroatoms. The summed E-state index contributed by atoms with van der Waals surface area (Å²) in [4.78, 5) is 13.7. The highest BCUT2D eigenvalue weighted by Gasteiger charge is 2.32. The number of hydrogen-bond donors (Lipinski definition) is 2. The van der Waals surface area contributed by atoms with Gasteiger partial charge in [0.2, 0.25) is 5.91 Å². The molecule has 1 unspecified atom stereocenters. The predicted molar refractivity (Wildman–Crippen MR) is 62.9 cm³/mol. The molecular formula is C10H19N3OS. The Morgan fingerprint density at radius 1 is 1.40 bits per heavy atom. The molecule has 4 nitrogen and oxygen atoms in total. The van der Waals surface area contributed by atoms with Gasteiger partial charge >= 0.3 is 0 Å². The molecule has 2 aliphatic rings. The zero-order valence-corrected chi connectivity index (χ0v) is 9.76. The Morgan fingerprint density at radius 3 is 2.80 bits per heavy atom. The third kappa shape index (κ3) is 2.65. The van der Waals surface area contributed by atoms with Crippen LogP contribution < -0.4 is 11.1 Å². The van der Waals surface area contributed by atoms with E-state index in [1.165, 1.54) is 24.3 Å². The quantitative estimate of drug-likeness (QED) is 0.679. The fourth-order valence-electron chi connectivity index (χ4n) is 2.44. The number of nitrogens with zero attached hydrogens (tertiary/aromatic N) is 1. The summed E-state index contributed by atoms with van der Waals surface area (Å²) in [6.45, 7) is 2.66. The van der Waals surface area contributed by atoms with Crippen LogP contribution in [0.15, 0.2) is 0 Å². The van der Waals surface area contributed by atoms with E-state index in [-0.39, 0.29) is 11.9 Å². The molecule has 2 rings (SSSR count). The average molecular weight is 229 g/mol. The number of carbonyl (C=O) groups is 1. The molecule has 3 N–H and O–H groups in total. The number of primary amides is 1. The molecule has 86 valence electrons. The van der Waals surface area contributed by atoms with Gasteiger partial charge in [-0.15, -0.1) is 0 Å². The number of amides is 1. The van der Waals surface area contributed by atoms with Crippen molar-refractivity contribution in [2.24, 2.45) is 5.73 Å². The molecule has 0 bridgehead atoms. The van der Waals surface area contributed by atoms with Crippen molar-refractivity contribution in [2.75, 3.05) is 31.1 Å². The van der Waals surface area contributed by atoms with Crippen LogP contribution in [0, 0.1) is 0 Å². The SMILES string of the molecule is NC(=O)C1CNCCN1C1CCSCC1. The first-order chi connectivity index (χ1) is 7.29. The number of nitrogens with two attached hydrogens (primary N) is 1. The zero-order chi connectivity index (χ0) is 10.7. The maximum atomic E-state index is 11.3. The van der Waals surface area contributed by atoms with Gasteiger partial charge in [-0.1, -0.05) is 0 Å². The molecule has 15 heavy (non-hydrogen) atoms. The topological polar surface area (TPSA) is 58.4 Å². The summed E-state index contributed by atoms with van der Waals surface area (Å²) in [7, 11) is 0. The lowest BCUT2D eigenvalue weighted by Crippen LogP contribution is -2.60. The summed E-state index contributed by atoms with van der Waals surface area (Å²) in [6.07, 6.45) is 2.41. The van der Waals surface area contributed by atoms with Crippen molar-refractivity contribution in [1.29, 1.82) is 0 Å². The van der Waals surface area contributed by atoms with Crippen LogP contribution in [0.1, 0.15) is 12.8 Å². The number of rotatable bonds is 2. The van der Waals surface area contributed by atoms with Crippen molar-refractivity contribution in [3.8, 4) is 0 Å². The lowest BCUT2D eigenvalue weighted by atomic mass is 10.0. The van der Waals surface area contributed by atoms with Gasteiger partial charge in [-0.25, -0.2) is 0 Å². The second-order valence-corrected chi connectivity index (χ2v) is 5.43. The number of nitrogens with one attached hydrogen (secondary N) is 1. The van der Waals surface area contributed by atoms with Crippen molar-refractivity contribution in [2.45, 2.75) is 24.9 Å². The summed E-state index contributed by atoms with van der Waals surface area (Å²) in [5.41, 5.74) is 5.44. The molecule has 0 aromatic carbocycles. The first-order valence-electron chi connectivity index (χ1n) is 5.62. The van der Waals surface area contributed by atoms with E-state index in [9.17, 15) is 4.79 Å². The molecule has 1 atom stereocenters. The lowest BCUT2D eigenvalue weighted by molar-refractivity contribution is -0.125. The lowest BCUT2D eigenvalue weighted by Gasteiger charge is -2.41. The zero-order valence-electron chi connectivity index (χ0n) is 8.95. The molecule has 0 radical (unpaired) electrons. The van der Waals surface area contributed by atoms with E-state index in [2.05, 4.69) is 10.2 Å². The number of carbonyl (C=O) groups excluding carboxylic acids is 1. The molecular weight excluding hydrogens is 210 g/mol. The average Bonchev–Trinajstić information content (AvgIpc) is 2.30. The molecule has 0 aliphatic carbocycles. The van der Waals surface area contributed by atoms with E-state index in [1.54, 1.807) is 0 Å². The predicted octanol–water partition coefficient (Wildman–Crippen LogP) is -0.359. The highest BCUT2D eigenvalue weighted by molar-refractivity contribution is 7.99. The monoisotopic (exact) mass is 229 g/mol. The van der Waals surface area contributed by atoms with Crippen LogP contribution in [-0.4, -0.2) is 54.0 Å². The van der Waals surface area contributed by atoms with Crippen LogP contribution in [0.25, 0.3) is 0 Å². The van der Waals surface area contributed by atoms with Gasteiger partial charge < -0.3 is 11.1 Å². The van der Waals surface area contributed by atoms with Gasteiger partial charge in [0.25, 0.3) is 0 Å². The molecule has 0 aromatic rings. The highest BCUT2D eigenvalue weighted by Crippen LogP contribution is 2.23. The minimum atomic E-state index is -0.180. The second-order valence-electron chi connectivity index (χ2n) is 4.20. The van der Waals surface area contributed by atoms with Gasteiger partial charge in [0, 0.05) is 25.7 Å². The molecule has 2 saturated heterocycles. The van der Waals surface area contributed by atoms with Gasteiger partial charge in [-0.3, -0.25) is 9.69 Å². The standard InChI is InChI=1S/C10H19N3OS/c11-10(14)9-7-12-3-4-13(9)8-1-5-15-6-2-8/h8-9,12H,1-7H2,(H2,11,14). The highest BCUT2D eigenvalue weighted by atomic mass is 32.2. The molecule has 2 heterocycles. The molecule has 0 aromatic heterocycles. The van der Waals surface area contributed by atoms with Gasteiger partial charge in [0.05, 0.1) is 0 Å². The fourth-order valence-corrected chi connectivity index (χ4v) is 3.52. The summed E-state index contributed by atoms with van der Waals surface area (Å²) in [6, 6.07) is 0.484. The van der Waals surface area contributed by atoms with Gasteiger partial charge in [-0.05, 0) is 24.3 Å². The largest absolute Gasteiger partial charge is 0.368 e. The number of thioether (sulfide) groups is 1. The normalized spacial score (nSPS) is 30.3. The van der Waals surface area contributed by atoms with Gasteiger partial charge in [0.15, 0.2) is 0 Å². The molecule has 1 amide bonds. The molecule has 2 fully saturated rings. The van der Waals surface area contributed by atoms with E-state index in [0.29, 0.717) is 6.04 Å². The molecule has 0 saturated carbocycles. The summed E-state index contributed by atoms with van der Waals surface area (Å²) in [5.74, 6) is 2.26. The third-order valence-corrected chi connectivity index (χ3v) is 4.32. The van der Waals surface area contributed by atoms with Gasteiger partial charge in [-0.2, -0.15) is 11.8 Å². The van der Waals surface area contributed by atoms with Crippen LogP contribution in [0.5, 0.6) is 0 Å². The summed E-state index contributed by atoms with van der Waals surface area (Å²) in [5, 5.41) is 3.24. The molecule has 0 spiro atoms. The smallest absolute Gasteiger partial charge is 0.236 e. The van der Waals surface area contributed by atoms with E-state index in [1.807, 2.05) is 11.8 Å². The minimum absolute atomic E-state index is 0.0909. The van der Waals surface area contributed by atoms with Crippen LogP contribution in [0.4, 0.5) is 0 Å². The van der Waals surface area contributed by atoms with E-state index >= 15 is 0 Å². The van der Waals surface area contributed by atoms with E-state index in [4.69, 9.17) is 5.73 Å². The fraction of sp³-hybridized carbons (Fsp3) is 0.900. The maximum Gasteiger partial charge on any atom is 0.236 e. The Bertz CT molecular complexity index is 231. The van der Waals surface area contributed by atoms with Crippen molar-refractivity contribution in [3.63, 3.8) is 0 Å². The van der Waals surface area contributed by atoms with Gasteiger partial charge in [0.1, 0.15) is 6.04 Å². The second kappa shape index (κ2) is 5.18. The van der Waals surface area contributed by atoms with E-state index in [0.717, 1.165) is 19.6 Å². The van der Waals surface area contributed by atoms with Crippen molar-refractivity contribution in [3.05, 3.63) is 0 Å². The molecule has 2 aliphatic heterocycles. The minimum Gasteiger partial charge on any atom is -0.368 e. The Kier molecular flexibility index (Phi) is 3.88. The van der Waals surface area contributed by atoms with E-state index < -0.39 is 0 Å². The van der Waals surface area contributed by atoms with Crippen LogP contribution in [-0.2, 0) is 4.79 Å². The van der Waals surface area contributed by atoms with Crippen molar-refractivity contribution < 1.29 is 4.79 Å². The number of hydrogen-bond acceptors (Lipinski definition) is 4. The number of piperazine rings is 1. The Balaban J connectivity index is 1.99. The van der Waals surface area contributed by atoms with Crippen LogP contribution >= 0.6 is 11.8 Å². The van der Waals surface area contributed by atoms with Crippen LogP contribution in [0.2, 0.25) is 0 Å². The third-order valence-electron chi connectivity index (χ3n) is 3.27. The Labute approximate surface area is 94.9 Å². The van der Waals surface area contributed by atoms with Crippen molar-refractivity contribution >= 4 is 17.7 Å². The summed E-state index contributed by atoms with van der Waals surface area (Å²) < 4.78 is 0. The first-order valence-corrected chi connectivity index (χ1v) is 6.78. The van der Waals surface area contributed by atoms with Crippen molar-refractivity contribution in [1.82, 2.24) is 10.2 Å². The maximum absolute atomic E-state index is 11.3. The Morgan fingerprint density at radius 2 is 2.13 bits per heavy atom. The van der Waals surface area contributed by atoms with Crippen LogP contribution in [0.3, 0.4) is 0 Å². The first kappa shape index (κ1) is 11.2. The summed E-state index contributed by atoms with van der Waals surface area (Å²) >= 11 is 2.01. The Hall–Kier alpha value is -0.260.